The third-order valence-corrected chi connectivity index (χ3v) is 4.54. The number of aryl methyl sites for hydroxylation is 2. The van der Waals surface area contributed by atoms with E-state index in [1.54, 1.807) is 4.90 Å². The number of aromatic nitrogens is 1. The standard InChI is InChI=1S/C18H23N3O3/c1-13-16(14(2)24-20-13)11-19-17(22)21-9-10-23-18(3,12-21)15-7-5-4-6-8-15/h4-8H,9-12H2,1-3H3,(H,19,22). The normalized spacial score (nSPS) is 20.9. The van der Waals surface area contributed by atoms with Gasteiger partial charge in [-0.2, -0.15) is 0 Å². The molecule has 24 heavy (non-hydrogen) atoms. The van der Waals surface area contributed by atoms with E-state index in [9.17, 15) is 4.79 Å². The number of nitrogens with one attached hydrogen (secondary N) is 1. The van der Waals surface area contributed by atoms with Crippen LogP contribution in [0.3, 0.4) is 0 Å². The molecule has 1 aromatic heterocycles. The minimum atomic E-state index is -0.486. The molecule has 1 atom stereocenters. The largest absolute Gasteiger partial charge is 0.367 e. The zero-order chi connectivity index (χ0) is 17.2. The summed E-state index contributed by atoms with van der Waals surface area (Å²) in [5.74, 6) is 0.740. The highest BCUT2D eigenvalue weighted by atomic mass is 16.5. The number of carbonyl (C=O) groups excluding carboxylic acids is 1. The fourth-order valence-corrected chi connectivity index (χ4v) is 3.04. The maximum Gasteiger partial charge on any atom is 0.317 e. The molecule has 1 aliphatic rings. The molecule has 1 aromatic carbocycles. The summed E-state index contributed by atoms with van der Waals surface area (Å²) in [6.45, 7) is 7.78. The van der Waals surface area contributed by atoms with Gasteiger partial charge < -0.3 is 19.5 Å². The molecule has 1 aliphatic heterocycles. The van der Waals surface area contributed by atoms with E-state index in [0.29, 0.717) is 26.2 Å². The Kier molecular flexibility index (Phi) is 4.57. The smallest absolute Gasteiger partial charge is 0.317 e. The van der Waals surface area contributed by atoms with Crippen molar-refractivity contribution in [3.8, 4) is 0 Å². The molecule has 0 aliphatic carbocycles. The van der Waals surface area contributed by atoms with Crippen molar-refractivity contribution < 1.29 is 14.1 Å². The summed E-state index contributed by atoms with van der Waals surface area (Å²) < 4.78 is 11.1. The molecule has 0 radical (unpaired) electrons. The first-order chi connectivity index (χ1) is 11.5. The number of ether oxygens (including phenoxy) is 1. The molecule has 0 bridgehead atoms. The zero-order valence-electron chi connectivity index (χ0n) is 14.3. The van der Waals surface area contributed by atoms with Gasteiger partial charge in [-0.05, 0) is 26.3 Å². The number of benzene rings is 1. The van der Waals surface area contributed by atoms with E-state index in [0.717, 1.165) is 22.6 Å². The van der Waals surface area contributed by atoms with Crippen LogP contribution in [0.15, 0.2) is 34.9 Å². The van der Waals surface area contributed by atoms with Gasteiger partial charge in [0.15, 0.2) is 0 Å². The van der Waals surface area contributed by atoms with Crippen LogP contribution in [0.25, 0.3) is 0 Å². The second kappa shape index (κ2) is 6.65. The summed E-state index contributed by atoms with van der Waals surface area (Å²) in [5.41, 5.74) is 2.33. The molecule has 6 nitrogen and oxygen atoms in total. The maximum atomic E-state index is 12.5. The summed E-state index contributed by atoms with van der Waals surface area (Å²) in [6.07, 6.45) is 0. The van der Waals surface area contributed by atoms with Crippen LogP contribution in [0.4, 0.5) is 4.79 Å². The molecule has 2 aromatic rings. The molecule has 128 valence electrons. The highest BCUT2D eigenvalue weighted by molar-refractivity contribution is 5.74. The topological polar surface area (TPSA) is 67.6 Å². The van der Waals surface area contributed by atoms with Gasteiger partial charge in [-0.15, -0.1) is 0 Å². The Labute approximate surface area is 141 Å². The van der Waals surface area contributed by atoms with Gasteiger partial charge in [0.25, 0.3) is 0 Å². The SMILES string of the molecule is Cc1noc(C)c1CNC(=O)N1CCOC(C)(c2ccccc2)C1. The Morgan fingerprint density at radius 3 is 2.75 bits per heavy atom. The first-order valence-electron chi connectivity index (χ1n) is 8.13. The van der Waals surface area contributed by atoms with Crippen molar-refractivity contribution in [2.45, 2.75) is 32.9 Å². The fourth-order valence-electron chi connectivity index (χ4n) is 3.04. The van der Waals surface area contributed by atoms with Crippen LogP contribution >= 0.6 is 0 Å². The monoisotopic (exact) mass is 329 g/mol. The Hall–Kier alpha value is -2.34. The Morgan fingerprint density at radius 2 is 2.08 bits per heavy atom. The van der Waals surface area contributed by atoms with E-state index in [4.69, 9.17) is 9.26 Å². The third kappa shape index (κ3) is 3.28. The zero-order valence-corrected chi connectivity index (χ0v) is 14.3. The molecular weight excluding hydrogens is 306 g/mol. The predicted octanol–water partition coefficient (Wildman–Crippen LogP) is 2.75. The molecular formula is C18H23N3O3. The average molecular weight is 329 g/mol. The van der Waals surface area contributed by atoms with E-state index in [-0.39, 0.29) is 6.03 Å². The van der Waals surface area contributed by atoms with Gasteiger partial charge in [-0.3, -0.25) is 0 Å². The Balaban J connectivity index is 1.65. The number of morpholine rings is 1. The number of amides is 2. The maximum absolute atomic E-state index is 12.5. The second-order valence-electron chi connectivity index (χ2n) is 6.33. The molecule has 1 unspecified atom stereocenters. The predicted molar refractivity (Wildman–Crippen MR) is 89.5 cm³/mol. The molecule has 1 N–H and O–H groups in total. The van der Waals surface area contributed by atoms with E-state index < -0.39 is 5.60 Å². The Bertz CT molecular complexity index is 694. The van der Waals surface area contributed by atoms with E-state index in [2.05, 4.69) is 10.5 Å². The minimum Gasteiger partial charge on any atom is -0.367 e. The summed E-state index contributed by atoms with van der Waals surface area (Å²) in [6, 6.07) is 9.92. The van der Waals surface area contributed by atoms with Gasteiger partial charge in [0.1, 0.15) is 11.4 Å². The van der Waals surface area contributed by atoms with Crippen molar-refractivity contribution in [2.24, 2.45) is 0 Å². The number of hydrogen-bond donors (Lipinski definition) is 1. The van der Waals surface area contributed by atoms with Crippen molar-refractivity contribution in [2.75, 3.05) is 19.7 Å². The second-order valence-corrected chi connectivity index (χ2v) is 6.33. The van der Waals surface area contributed by atoms with Gasteiger partial charge in [0.2, 0.25) is 0 Å². The number of hydrogen-bond acceptors (Lipinski definition) is 4. The van der Waals surface area contributed by atoms with Crippen molar-refractivity contribution >= 4 is 6.03 Å². The van der Waals surface area contributed by atoms with Crippen LogP contribution in [0.2, 0.25) is 0 Å². The van der Waals surface area contributed by atoms with Gasteiger partial charge in [-0.25, -0.2) is 4.79 Å². The van der Waals surface area contributed by atoms with Crippen molar-refractivity contribution in [3.63, 3.8) is 0 Å². The van der Waals surface area contributed by atoms with Crippen LogP contribution in [0.1, 0.15) is 29.5 Å². The molecule has 6 heteroatoms. The summed E-state index contributed by atoms with van der Waals surface area (Å²) in [7, 11) is 0. The number of rotatable bonds is 3. The van der Waals surface area contributed by atoms with Crippen LogP contribution in [-0.4, -0.2) is 35.8 Å². The lowest BCUT2D eigenvalue weighted by molar-refractivity contribution is -0.0906. The third-order valence-electron chi connectivity index (χ3n) is 4.54. The highest BCUT2D eigenvalue weighted by Gasteiger charge is 2.35. The van der Waals surface area contributed by atoms with E-state index in [1.165, 1.54) is 0 Å². The highest BCUT2D eigenvalue weighted by Crippen LogP contribution is 2.29. The van der Waals surface area contributed by atoms with Crippen LogP contribution in [-0.2, 0) is 16.9 Å². The average Bonchev–Trinajstić information content (AvgIpc) is 2.92. The summed E-state index contributed by atoms with van der Waals surface area (Å²) in [4.78, 5) is 14.3. The lowest BCUT2D eigenvalue weighted by Crippen LogP contribution is -2.53. The molecule has 0 saturated carbocycles. The molecule has 2 heterocycles. The first-order valence-corrected chi connectivity index (χ1v) is 8.13. The van der Waals surface area contributed by atoms with Crippen LogP contribution < -0.4 is 5.32 Å². The molecule has 3 rings (SSSR count). The number of carbonyl (C=O) groups is 1. The quantitative estimate of drug-likeness (QED) is 0.940. The number of nitrogens with zero attached hydrogens (tertiary/aromatic N) is 2. The van der Waals surface area contributed by atoms with Crippen molar-refractivity contribution in [1.29, 1.82) is 0 Å². The molecule has 2 amide bonds. The lowest BCUT2D eigenvalue weighted by Gasteiger charge is -2.40. The summed E-state index contributed by atoms with van der Waals surface area (Å²) >= 11 is 0. The van der Waals surface area contributed by atoms with Crippen LogP contribution in [0, 0.1) is 13.8 Å². The van der Waals surface area contributed by atoms with Crippen molar-refractivity contribution in [3.05, 3.63) is 52.9 Å². The van der Waals surface area contributed by atoms with Gasteiger partial charge in [0.05, 0.1) is 18.8 Å². The number of urea groups is 1. The van der Waals surface area contributed by atoms with Crippen LogP contribution in [0.5, 0.6) is 0 Å². The molecule has 1 fully saturated rings. The Morgan fingerprint density at radius 1 is 1.33 bits per heavy atom. The lowest BCUT2D eigenvalue weighted by atomic mass is 9.94. The van der Waals surface area contributed by atoms with Gasteiger partial charge in [0, 0.05) is 18.7 Å². The molecule has 1 saturated heterocycles. The molecule has 0 spiro atoms. The van der Waals surface area contributed by atoms with Crippen molar-refractivity contribution in [1.82, 2.24) is 15.4 Å². The van der Waals surface area contributed by atoms with E-state index >= 15 is 0 Å². The first kappa shape index (κ1) is 16.5. The van der Waals surface area contributed by atoms with Gasteiger partial charge in [-0.1, -0.05) is 35.5 Å². The summed E-state index contributed by atoms with van der Waals surface area (Å²) in [5, 5.41) is 6.87. The minimum absolute atomic E-state index is 0.0968. The van der Waals surface area contributed by atoms with Gasteiger partial charge >= 0.3 is 6.03 Å². The fraction of sp³-hybridized carbons (Fsp3) is 0.444. The van der Waals surface area contributed by atoms with E-state index in [1.807, 2.05) is 51.1 Å².